The predicted molar refractivity (Wildman–Crippen MR) is 69.8 cm³/mol. The lowest BCUT2D eigenvalue weighted by Crippen LogP contribution is -2.55. The fourth-order valence-electron chi connectivity index (χ4n) is 2.23. The molecule has 0 aromatic heterocycles. The highest BCUT2D eigenvalue weighted by Crippen LogP contribution is 2.30. The molecule has 96 valence electrons. The van der Waals surface area contributed by atoms with E-state index in [1.807, 2.05) is 0 Å². The van der Waals surface area contributed by atoms with Crippen LogP contribution < -0.4 is 5.32 Å². The molecular weight excluding hydrogens is 198 g/mol. The van der Waals surface area contributed by atoms with Gasteiger partial charge in [-0.05, 0) is 53.4 Å². The second-order valence-corrected chi connectivity index (χ2v) is 6.43. The number of hydrogen-bond acceptors (Lipinski definition) is 2. The average molecular weight is 227 g/mol. The molecule has 1 aliphatic rings. The second-order valence-electron chi connectivity index (χ2n) is 6.43. The Labute approximate surface area is 101 Å². The Kier molecular flexibility index (Phi) is 4.42. The number of rotatable bonds is 5. The maximum Gasteiger partial charge on any atom is 0.0612 e. The van der Waals surface area contributed by atoms with Crippen molar-refractivity contribution in [1.82, 2.24) is 5.32 Å². The predicted octanol–water partition coefficient (Wildman–Crippen LogP) is 3.50. The van der Waals surface area contributed by atoms with E-state index in [4.69, 9.17) is 4.74 Å². The summed E-state index contributed by atoms with van der Waals surface area (Å²) in [4.78, 5) is 0. The highest BCUT2D eigenvalue weighted by molar-refractivity contribution is 4.93. The van der Waals surface area contributed by atoms with Crippen LogP contribution >= 0.6 is 0 Å². The van der Waals surface area contributed by atoms with Crippen molar-refractivity contribution < 1.29 is 4.74 Å². The molecule has 0 saturated heterocycles. The summed E-state index contributed by atoms with van der Waals surface area (Å²) in [6.45, 7) is 13.3. The zero-order valence-electron chi connectivity index (χ0n) is 11.9. The highest BCUT2D eigenvalue weighted by Gasteiger charge is 2.35. The average Bonchev–Trinajstić information content (AvgIpc) is 2.12. The Morgan fingerprint density at radius 2 is 1.56 bits per heavy atom. The molecule has 0 aromatic rings. The molecule has 0 aromatic carbocycles. The number of nitrogens with one attached hydrogen (secondary N) is 1. The van der Waals surface area contributed by atoms with Gasteiger partial charge < -0.3 is 10.1 Å². The number of hydrogen-bond donors (Lipinski definition) is 1. The number of ether oxygens (including phenoxy) is 1. The van der Waals surface area contributed by atoms with Crippen LogP contribution in [0, 0.1) is 0 Å². The second kappa shape index (κ2) is 5.05. The van der Waals surface area contributed by atoms with Crippen molar-refractivity contribution in [2.75, 3.05) is 0 Å². The summed E-state index contributed by atoms with van der Waals surface area (Å²) in [6, 6.07) is 0.664. The van der Waals surface area contributed by atoms with E-state index in [1.54, 1.807) is 0 Å². The largest absolute Gasteiger partial charge is 0.373 e. The molecule has 16 heavy (non-hydrogen) atoms. The molecule has 0 heterocycles. The molecule has 1 saturated carbocycles. The van der Waals surface area contributed by atoms with E-state index in [-0.39, 0.29) is 5.60 Å². The summed E-state index contributed by atoms with van der Waals surface area (Å²) >= 11 is 0. The van der Waals surface area contributed by atoms with Gasteiger partial charge in [-0.3, -0.25) is 0 Å². The SMILES string of the molecule is CCC(C)(CC)NC1CC(OC(C)(C)C)C1. The van der Waals surface area contributed by atoms with Gasteiger partial charge in [-0.1, -0.05) is 13.8 Å². The van der Waals surface area contributed by atoms with E-state index in [9.17, 15) is 0 Å². The molecule has 1 N–H and O–H groups in total. The van der Waals surface area contributed by atoms with E-state index in [0.717, 1.165) is 0 Å². The van der Waals surface area contributed by atoms with Crippen molar-refractivity contribution in [3.05, 3.63) is 0 Å². The quantitative estimate of drug-likeness (QED) is 0.776. The third-order valence-electron chi connectivity index (χ3n) is 3.73. The summed E-state index contributed by atoms with van der Waals surface area (Å²) in [5.41, 5.74) is 0.325. The molecule has 1 aliphatic carbocycles. The third kappa shape index (κ3) is 4.06. The Hall–Kier alpha value is -0.0800. The monoisotopic (exact) mass is 227 g/mol. The molecule has 0 atom stereocenters. The fourth-order valence-corrected chi connectivity index (χ4v) is 2.23. The van der Waals surface area contributed by atoms with Crippen LogP contribution in [0.1, 0.15) is 67.2 Å². The van der Waals surface area contributed by atoms with Crippen LogP contribution in [-0.2, 0) is 4.74 Å². The molecule has 0 unspecified atom stereocenters. The first-order chi connectivity index (χ1) is 7.28. The molecule has 2 heteroatoms. The van der Waals surface area contributed by atoms with E-state index < -0.39 is 0 Å². The maximum atomic E-state index is 5.95. The molecule has 0 spiro atoms. The van der Waals surface area contributed by atoms with Crippen molar-refractivity contribution in [2.24, 2.45) is 0 Å². The van der Waals surface area contributed by atoms with Crippen LogP contribution in [0.2, 0.25) is 0 Å². The van der Waals surface area contributed by atoms with Crippen LogP contribution in [0.15, 0.2) is 0 Å². The summed E-state index contributed by atoms with van der Waals surface area (Å²) in [5, 5.41) is 3.76. The van der Waals surface area contributed by atoms with Gasteiger partial charge >= 0.3 is 0 Å². The highest BCUT2D eigenvalue weighted by atomic mass is 16.5. The molecular formula is C14H29NO. The van der Waals surface area contributed by atoms with Crippen LogP contribution in [0.4, 0.5) is 0 Å². The van der Waals surface area contributed by atoms with Crippen molar-refractivity contribution >= 4 is 0 Å². The summed E-state index contributed by atoms with van der Waals surface area (Å²) < 4.78 is 5.95. The first kappa shape index (κ1) is 14.0. The van der Waals surface area contributed by atoms with Gasteiger partial charge in [0.05, 0.1) is 11.7 Å². The summed E-state index contributed by atoms with van der Waals surface area (Å²) in [6.07, 6.45) is 5.21. The van der Waals surface area contributed by atoms with Gasteiger partial charge in [0.1, 0.15) is 0 Å². The van der Waals surface area contributed by atoms with Gasteiger partial charge in [0.15, 0.2) is 0 Å². The third-order valence-corrected chi connectivity index (χ3v) is 3.73. The Morgan fingerprint density at radius 1 is 1.06 bits per heavy atom. The molecule has 1 fully saturated rings. The minimum Gasteiger partial charge on any atom is -0.373 e. The maximum absolute atomic E-state index is 5.95. The summed E-state index contributed by atoms with van der Waals surface area (Å²) in [7, 11) is 0. The van der Waals surface area contributed by atoms with Crippen LogP contribution in [0.3, 0.4) is 0 Å². The van der Waals surface area contributed by atoms with Gasteiger partial charge in [0.25, 0.3) is 0 Å². The molecule has 0 amide bonds. The fraction of sp³-hybridized carbons (Fsp3) is 1.00. The Bertz CT molecular complexity index is 209. The molecule has 0 bridgehead atoms. The van der Waals surface area contributed by atoms with Crippen molar-refractivity contribution in [3.63, 3.8) is 0 Å². The topological polar surface area (TPSA) is 21.3 Å². The smallest absolute Gasteiger partial charge is 0.0612 e. The van der Waals surface area contributed by atoms with Gasteiger partial charge in [-0.2, -0.15) is 0 Å². The molecule has 1 rings (SSSR count). The van der Waals surface area contributed by atoms with E-state index in [2.05, 4.69) is 46.9 Å². The lowest BCUT2D eigenvalue weighted by Gasteiger charge is -2.44. The van der Waals surface area contributed by atoms with Gasteiger partial charge in [-0.25, -0.2) is 0 Å². The normalized spacial score (nSPS) is 26.6. The lowest BCUT2D eigenvalue weighted by molar-refractivity contribution is -0.105. The van der Waals surface area contributed by atoms with Gasteiger partial charge in [0, 0.05) is 11.6 Å². The molecule has 0 aliphatic heterocycles. The van der Waals surface area contributed by atoms with Crippen LogP contribution in [0.25, 0.3) is 0 Å². The minimum atomic E-state index is 0.00839. The van der Waals surface area contributed by atoms with Crippen molar-refractivity contribution in [2.45, 2.75) is 90.5 Å². The minimum absolute atomic E-state index is 0.00839. The zero-order chi connectivity index (χ0) is 12.4. The molecule has 0 radical (unpaired) electrons. The van der Waals surface area contributed by atoms with E-state index in [0.29, 0.717) is 17.7 Å². The van der Waals surface area contributed by atoms with Crippen molar-refractivity contribution in [1.29, 1.82) is 0 Å². The van der Waals surface area contributed by atoms with Crippen LogP contribution in [-0.4, -0.2) is 23.3 Å². The van der Waals surface area contributed by atoms with Crippen LogP contribution in [0.5, 0.6) is 0 Å². The zero-order valence-corrected chi connectivity index (χ0v) is 11.9. The van der Waals surface area contributed by atoms with E-state index >= 15 is 0 Å². The standard InChI is InChI=1S/C14H29NO/c1-7-14(6,8-2)15-11-9-12(10-11)16-13(3,4)5/h11-12,15H,7-10H2,1-6H3. The Balaban J connectivity index is 2.26. The summed E-state index contributed by atoms with van der Waals surface area (Å²) in [5.74, 6) is 0. The first-order valence-corrected chi connectivity index (χ1v) is 6.73. The first-order valence-electron chi connectivity index (χ1n) is 6.73. The molecule has 2 nitrogen and oxygen atoms in total. The van der Waals surface area contributed by atoms with Crippen molar-refractivity contribution in [3.8, 4) is 0 Å². The van der Waals surface area contributed by atoms with Gasteiger partial charge in [-0.15, -0.1) is 0 Å². The van der Waals surface area contributed by atoms with E-state index in [1.165, 1.54) is 25.7 Å². The lowest BCUT2D eigenvalue weighted by atomic mass is 9.84. The van der Waals surface area contributed by atoms with Gasteiger partial charge in [0.2, 0.25) is 0 Å². The Morgan fingerprint density at radius 3 is 1.94 bits per heavy atom.